The lowest BCUT2D eigenvalue weighted by Crippen LogP contribution is -2.07. The Kier molecular flexibility index (Phi) is 6.00. The maximum atomic E-state index is 12.2. The van der Waals surface area contributed by atoms with Crippen LogP contribution in [-0.4, -0.2) is 19.3 Å². The molecule has 0 unspecified atom stereocenters. The van der Waals surface area contributed by atoms with Crippen LogP contribution >= 0.6 is 35.0 Å². The summed E-state index contributed by atoms with van der Waals surface area (Å²) < 4.78 is 10.5. The minimum absolute atomic E-state index is 0.00474. The van der Waals surface area contributed by atoms with E-state index in [2.05, 4.69) is 0 Å². The molecule has 2 aromatic rings. The largest absolute Gasteiger partial charge is 0.496 e. The second-order valence-corrected chi connectivity index (χ2v) is 6.04. The van der Waals surface area contributed by atoms with Gasteiger partial charge in [-0.25, -0.2) is 4.79 Å². The normalized spacial score (nSPS) is 10.4. The molecule has 0 fully saturated rings. The lowest BCUT2D eigenvalue weighted by atomic mass is 10.2. The van der Waals surface area contributed by atoms with Crippen LogP contribution in [0.5, 0.6) is 5.75 Å². The van der Waals surface area contributed by atoms with Crippen molar-refractivity contribution in [3.8, 4) is 5.75 Å². The number of ether oxygens (including phenoxy) is 2. The molecule has 0 aliphatic carbocycles. The molecule has 0 radical (unpaired) electrons. The number of esters is 1. The molecule has 0 N–H and O–H groups in total. The van der Waals surface area contributed by atoms with Crippen molar-refractivity contribution in [2.24, 2.45) is 0 Å². The first-order valence-electron chi connectivity index (χ1n) is 6.39. The minimum atomic E-state index is -0.486. The fourth-order valence-corrected chi connectivity index (χ4v) is 2.79. The Morgan fingerprint density at radius 2 is 1.86 bits per heavy atom. The minimum Gasteiger partial charge on any atom is -0.496 e. The zero-order chi connectivity index (χ0) is 16.1. The summed E-state index contributed by atoms with van der Waals surface area (Å²) in [6, 6.07) is 10.5. The van der Waals surface area contributed by atoms with Crippen molar-refractivity contribution in [1.82, 2.24) is 0 Å². The summed E-state index contributed by atoms with van der Waals surface area (Å²) >= 11 is 13.7. The van der Waals surface area contributed by atoms with Gasteiger partial charge in [-0.3, -0.25) is 0 Å². The predicted octanol–water partition coefficient (Wildman–Crippen LogP) is 5.08. The maximum Gasteiger partial charge on any atom is 0.342 e. The van der Waals surface area contributed by atoms with E-state index in [9.17, 15) is 4.79 Å². The number of rotatable bonds is 5. The summed E-state index contributed by atoms with van der Waals surface area (Å²) in [4.78, 5) is 13.2. The van der Waals surface area contributed by atoms with Crippen LogP contribution in [0.25, 0.3) is 0 Å². The standard InChI is InChI=1S/C16H14Cl2O3S/c1-20-15-8-10(22-2)6-7-11(15)16(19)21-9-12-13(17)4-3-5-14(12)18/h3-8H,9H2,1-2H3. The third-order valence-corrected chi connectivity index (χ3v) is 4.47. The molecule has 0 atom stereocenters. The first-order chi connectivity index (χ1) is 10.6. The lowest BCUT2D eigenvalue weighted by Gasteiger charge is -2.11. The molecule has 2 rings (SSSR count). The van der Waals surface area contributed by atoms with Gasteiger partial charge in [0, 0.05) is 20.5 Å². The second-order valence-electron chi connectivity index (χ2n) is 4.34. The van der Waals surface area contributed by atoms with Crippen LogP contribution in [0, 0.1) is 0 Å². The van der Waals surface area contributed by atoms with Gasteiger partial charge in [0.25, 0.3) is 0 Å². The van der Waals surface area contributed by atoms with E-state index in [1.807, 2.05) is 12.3 Å². The summed E-state index contributed by atoms with van der Waals surface area (Å²) in [5.74, 6) is -0.0115. The van der Waals surface area contributed by atoms with Crippen LogP contribution in [0.15, 0.2) is 41.3 Å². The number of methoxy groups -OCH3 is 1. The van der Waals surface area contributed by atoms with Gasteiger partial charge in [0.2, 0.25) is 0 Å². The molecular formula is C16H14Cl2O3S. The van der Waals surface area contributed by atoms with E-state index in [1.165, 1.54) is 7.11 Å². The molecular weight excluding hydrogens is 343 g/mol. The Morgan fingerprint density at radius 1 is 1.18 bits per heavy atom. The fourth-order valence-electron chi connectivity index (χ4n) is 1.85. The summed E-state index contributed by atoms with van der Waals surface area (Å²) in [5.41, 5.74) is 0.947. The highest BCUT2D eigenvalue weighted by Gasteiger charge is 2.16. The number of benzene rings is 2. The monoisotopic (exact) mass is 356 g/mol. The number of carbonyl (C=O) groups excluding carboxylic acids is 1. The molecule has 116 valence electrons. The van der Waals surface area contributed by atoms with E-state index in [1.54, 1.807) is 42.1 Å². The Labute approximate surface area is 143 Å². The number of hydrogen-bond acceptors (Lipinski definition) is 4. The van der Waals surface area contributed by atoms with E-state index in [0.29, 0.717) is 26.9 Å². The molecule has 0 saturated carbocycles. The van der Waals surface area contributed by atoms with Gasteiger partial charge in [-0.15, -0.1) is 11.8 Å². The molecule has 0 aromatic heterocycles. The van der Waals surface area contributed by atoms with Gasteiger partial charge in [-0.05, 0) is 36.6 Å². The fraction of sp³-hybridized carbons (Fsp3) is 0.188. The molecule has 2 aromatic carbocycles. The average molecular weight is 357 g/mol. The maximum absolute atomic E-state index is 12.2. The Balaban J connectivity index is 2.16. The van der Waals surface area contributed by atoms with E-state index >= 15 is 0 Å². The van der Waals surface area contributed by atoms with Crippen LogP contribution in [0.3, 0.4) is 0 Å². The molecule has 0 heterocycles. The van der Waals surface area contributed by atoms with Gasteiger partial charge < -0.3 is 9.47 Å². The van der Waals surface area contributed by atoms with E-state index in [-0.39, 0.29) is 6.61 Å². The zero-order valence-corrected chi connectivity index (χ0v) is 14.4. The van der Waals surface area contributed by atoms with Gasteiger partial charge in [0.05, 0.1) is 7.11 Å². The zero-order valence-electron chi connectivity index (χ0n) is 12.1. The SMILES string of the molecule is COc1cc(SC)ccc1C(=O)OCc1c(Cl)cccc1Cl. The van der Waals surface area contributed by atoms with E-state index in [0.717, 1.165) is 4.90 Å². The third kappa shape index (κ3) is 3.88. The predicted molar refractivity (Wildman–Crippen MR) is 90.4 cm³/mol. The Bertz CT molecular complexity index is 669. The van der Waals surface area contributed by atoms with Crippen molar-refractivity contribution in [2.75, 3.05) is 13.4 Å². The van der Waals surface area contributed by atoms with Crippen LogP contribution in [-0.2, 0) is 11.3 Å². The van der Waals surface area contributed by atoms with Crippen molar-refractivity contribution in [3.63, 3.8) is 0 Å². The topological polar surface area (TPSA) is 35.5 Å². The molecule has 22 heavy (non-hydrogen) atoms. The van der Waals surface area contributed by atoms with Gasteiger partial charge in [0.15, 0.2) is 0 Å². The smallest absolute Gasteiger partial charge is 0.342 e. The second kappa shape index (κ2) is 7.77. The van der Waals surface area contributed by atoms with Gasteiger partial charge in [-0.1, -0.05) is 29.3 Å². The van der Waals surface area contributed by atoms with Crippen LogP contribution in [0.4, 0.5) is 0 Å². The molecule has 0 amide bonds. The quantitative estimate of drug-likeness (QED) is 0.552. The van der Waals surface area contributed by atoms with Gasteiger partial charge in [0.1, 0.15) is 17.9 Å². The summed E-state index contributed by atoms with van der Waals surface area (Å²) in [6.07, 6.45) is 1.95. The molecule has 0 saturated heterocycles. The lowest BCUT2D eigenvalue weighted by molar-refractivity contribution is 0.0469. The van der Waals surface area contributed by atoms with Crippen LogP contribution in [0.1, 0.15) is 15.9 Å². The summed E-state index contributed by atoms with van der Waals surface area (Å²) in [6.45, 7) is 0.00474. The van der Waals surface area contributed by atoms with Gasteiger partial charge >= 0.3 is 5.97 Å². The van der Waals surface area contributed by atoms with Crippen molar-refractivity contribution in [2.45, 2.75) is 11.5 Å². The van der Waals surface area contributed by atoms with Crippen molar-refractivity contribution in [3.05, 3.63) is 57.6 Å². The van der Waals surface area contributed by atoms with Crippen molar-refractivity contribution < 1.29 is 14.3 Å². The highest BCUT2D eigenvalue weighted by molar-refractivity contribution is 7.98. The number of halogens is 2. The van der Waals surface area contributed by atoms with Crippen molar-refractivity contribution >= 4 is 40.9 Å². The number of thioether (sulfide) groups is 1. The summed E-state index contributed by atoms with van der Waals surface area (Å²) in [7, 11) is 1.52. The van der Waals surface area contributed by atoms with Gasteiger partial charge in [-0.2, -0.15) is 0 Å². The first kappa shape index (κ1) is 17.0. The highest BCUT2D eigenvalue weighted by atomic mass is 35.5. The number of carbonyl (C=O) groups is 1. The third-order valence-electron chi connectivity index (χ3n) is 3.04. The molecule has 0 aliphatic heterocycles. The molecule has 0 bridgehead atoms. The average Bonchev–Trinajstić information content (AvgIpc) is 2.53. The van der Waals surface area contributed by atoms with E-state index < -0.39 is 5.97 Å². The molecule has 0 spiro atoms. The van der Waals surface area contributed by atoms with E-state index in [4.69, 9.17) is 32.7 Å². The Morgan fingerprint density at radius 3 is 2.45 bits per heavy atom. The molecule has 3 nitrogen and oxygen atoms in total. The highest BCUT2D eigenvalue weighted by Crippen LogP contribution is 2.28. The van der Waals surface area contributed by atoms with Crippen LogP contribution in [0.2, 0.25) is 10.0 Å². The van der Waals surface area contributed by atoms with Crippen LogP contribution < -0.4 is 4.74 Å². The Hall–Kier alpha value is -1.36. The van der Waals surface area contributed by atoms with Crippen molar-refractivity contribution in [1.29, 1.82) is 0 Å². The molecule has 0 aliphatic rings. The summed E-state index contributed by atoms with van der Waals surface area (Å²) in [5, 5.41) is 0.926. The first-order valence-corrected chi connectivity index (χ1v) is 8.37. The number of hydrogen-bond donors (Lipinski definition) is 0. The molecule has 6 heteroatoms.